The van der Waals surface area contributed by atoms with Crippen LogP contribution in [-0.2, 0) is 4.74 Å². The first-order valence-corrected chi connectivity index (χ1v) is 10.6. The van der Waals surface area contributed by atoms with Gasteiger partial charge in [-0.15, -0.1) is 0 Å². The van der Waals surface area contributed by atoms with E-state index in [1.165, 1.54) is 19.4 Å². The maximum Gasteiger partial charge on any atom is 0.337 e. The zero-order valence-corrected chi connectivity index (χ0v) is 19.0. The standard InChI is InChI=1S/C24H18ClFN6O3/c1-35-23(34)14-6-8-15(9-7-14)30-24-28-13-18(26)21(32-24)29-16-10-11-20(27-12-16)22(33)31-19-5-3-2-4-17(19)25/h2-13H,1H3,(H,31,33)(H2,28,29,30,32). The van der Waals surface area contributed by atoms with Crippen molar-refractivity contribution in [3.8, 4) is 0 Å². The first-order valence-electron chi connectivity index (χ1n) is 10.2. The molecule has 2 aromatic heterocycles. The number of methoxy groups -OCH3 is 1. The Bertz CT molecular complexity index is 1370. The lowest BCUT2D eigenvalue weighted by atomic mass is 10.2. The third kappa shape index (κ3) is 5.87. The summed E-state index contributed by atoms with van der Waals surface area (Å²) in [6.45, 7) is 0. The van der Waals surface area contributed by atoms with Gasteiger partial charge in [-0.2, -0.15) is 4.98 Å². The molecule has 4 aromatic rings. The first-order chi connectivity index (χ1) is 16.9. The average Bonchev–Trinajstić information content (AvgIpc) is 2.88. The van der Waals surface area contributed by atoms with Crippen LogP contribution in [0.2, 0.25) is 5.02 Å². The Labute approximate surface area is 204 Å². The van der Waals surface area contributed by atoms with E-state index < -0.39 is 17.7 Å². The van der Waals surface area contributed by atoms with Crippen LogP contribution in [0.15, 0.2) is 73.1 Å². The van der Waals surface area contributed by atoms with E-state index in [0.717, 1.165) is 6.20 Å². The predicted molar refractivity (Wildman–Crippen MR) is 130 cm³/mol. The minimum Gasteiger partial charge on any atom is -0.465 e. The van der Waals surface area contributed by atoms with E-state index in [2.05, 4.69) is 35.6 Å². The highest BCUT2D eigenvalue weighted by atomic mass is 35.5. The highest BCUT2D eigenvalue weighted by Gasteiger charge is 2.12. The number of nitrogens with one attached hydrogen (secondary N) is 3. The Hall–Kier alpha value is -4.57. The number of benzene rings is 2. The normalized spacial score (nSPS) is 10.4. The van der Waals surface area contributed by atoms with Crippen LogP contribution in [-0.4, -0.2) is 33.9 Å². The molecule has 0 atom stereocenters. The van der Waals surface area contributed by atoms with E-state index >= 15 is 0 Å². The van der Waals surface area contributed by atoms with Crippen LogP contribution in [0.1, 0.15) is 20.8 Å². The summed E-state index contributed by atoms with van der Waals surface area (Å²) in [5, 5.41) is 8.83. The molecular weight excluding hydrogens is 475 g/mol. The number of pyridine rings is 1. The molecule has 176 valence electrons. The van der Waals surface area contributed by atoms with Crippen LogP contribution in [0.25, 0.3) is 0 Å². The molecule has 0 saturated carbocycles. The largest absolute Gasteiger partial charge is 0.465 e. The summed E-state index contributed by atoms with van der Waals surface area (Å²) in [6, 6.07) is 16.3. The topological polar surface area (TPSA) is 118 Å². The third-order valence-corrected chi connectivity index (χ3v) is 5.02. The van der Waals surface area contributed by atoms with Crippen molar-refractivity contribution in [3.63, 3.8) is 0 Å². The van der Waals surface area contributed by atoms with Gasteiger partial charge in [-0.3, -0.25) is 4.79 Å². The molecule has 0 aliphatic carbocycles. The van der Waals surface area contributed by atoms with Crippen molar-refractivity contribution in [2.24, 2.45) is 0 Å². The number of hydrogen-bond donors (Lipinski definition) is 3. The summed E-state index contributed by atoms with van der Waals surface area (Å²) in [6.07, 6.45) is 2.39. The molecule has 0 spiro atoms. The summed E-state index contributed by atoms with van der Waals surface area (Å²) in [5.41, 5.74) is 2.00. The number of aromatic nitrogens is 3. The smallest absolute Gasteiger partial charge is 0.337 e. The number of amides is 1. The van der Waals surface area contributed by atoms with Gasteiger partial charge in [-0.25, -0.2) is 19.2 Å². The van der Waals surface area contributed by atoms with E-state index in [1.54, 1.807) is 54.6 Å². The predicted octanol–water partition coefficient (Wildman–Crippen LogP) is 5.19. The summed E-state index contributed by atoms with van der Waals surface area (Å²) in [5.74, 6) is -1.55. The molecule has 9 nitrogen and oxygen atoms in total. The number of hydrogen-bond acceptors (Lipinski definition) is 8. The Morgan fingerprint density at radius 2 is 1.66 bits per heavy atom. The van der Waals surface area contributed by atoms with Crippen molar-refractivity contribution >= 4 is 52.3 Å². The molecular formula is C24H18ClFN6O3. The van der Waals surface area contributed by atoms with Gasteiger partial charge in [0.15, 0.2) is 11.6 Å². The van der Waals surface area contributed by atoms with Crippen LogP contribution >= 0.6 is 11.6 Å². The Kier molecular flexibility index (Phi) is 7.12. The van der Waals surface area contributed by atoms with Crippen LogP contribution in [0.4, 0.5) is 33.2 Å². The Morgan fingerprint density at radius 1 is 0.914 bits per heavy atom. The van der Waals surface area contributed by atoms with Gasteiger partial charge < -0.3 is 20.7 Å². The lowest BCUT2D eigenvalue weighted by molar-refractivity contribution is 0.0600. The quantitative estimate of drug-likeness (QED) is 0.302. The van der Waals surface area contributed by atoms with E-state index in [4.69, 9.17) is 11.6 Å². The molecule has 1 amide bonds. The number of carbonyl (C=O) groups excluding carboxylic acids is 2. The van der Waals surface area contributed by atoms with E-state index in [9.17, 15) is 14.0 Å². The maximum atomic E-state index is 14.3. The number of ether oxygens (including phenoxy) is 1. The van der Waals surface area contributed by atoms with Gasteiger partial charge in [0.05, 0.1) is 41.5 Å². The summed E-state index contributed by atoms with van der Waals surface area (Å²) in [4.78, 5) is 36.1. The maximum absolute atomic E-state index is 14.3. The first kappa shape index (κ1) is 23.6. The number of anilines is 5. The zero-order valence-electron chi connectivity index (χ0n) is 18.3. The summed E-state index contributed by atoms with van der Waals surface area (Å²) in [7, 11) is 1.30. The highest BCUT2D eigenvalue weighted by Crippen LogP contribution is 2.23. The number of carbonyl (C=O) groups is 2. The van der Waals surface area contributed by atoms with Crippen molar-refractivity contribution in [2.75, 3.05) is 23.1 Å². The molecule has 35 heavy (non-hydrogen) atoms. The summed E-state index contributed by atoms with van der Waals surface area (Å²) >= 11 is 6.06. The average molecular weight is 493 g/mol. The molecule has 0 bridgehead atoms. The van der Waals surface area contributed by atoms with Crippen molar-refractivity contribution in [1.82, 2.24) is 15.0 Å². The minimum absolute atomic E-state index is 0.0938. The van der Waals surface area contributed by atoms with Gasteiger partial charge in [0.25, 0.3) is 5.91 Å². The van der Waals surface area contributed by atoms with Gasteiger partial charge in [-0.05, 0) is 48.5 Å². The minimum atomic E-state index is -0.683. The van der Waals surface area contributed by atoms with E-state index in [1.807, 2.05) is 0 Å². The molecule has 0 aliphatic rings. The van der Waals surface area contributed by atoms with Gasteiger partial charge in [0, 0.05) is 5.69 Å². The number of rotatable bonds is 7. The van der Waals surface area contributed by atoms with Gasteiger partial charge >= 0.3 is 5.97 Å². The lowest BCUT2D eigenvalue weighted by Gasteiger charge is -2.10. The molecule has 0 fully saturated rings. The van der Waals surface area contributed by atoms with Gasteiger partial charge in [0.2, 0.25) is 5.95 Å². The van der Waals surface area contributed by atoms with Crippen molar-refractivity contribution in [2.45, 2.75) is 0 Å². The fourth-order valence-electron chi connectivity index (χ4n) is 2.94. The Morgan fingerprint density at radius 3 is 2.34 bits per heavy atom. The monoisotopic (exact) mass is 492 g/mol. The van der Waals surface area contributed by atoms with Crippen molar-refractivity contribution < 1.29 is 18.7 Å². The van der Waals surface area contributed by atoms with Crippen LogP contribution < -0.4 is 16.0 Å². The second kappa shape index (κ2) is 10.6. The van der Waals surface area contributed by atoms with E-state index in [0.29, 0.717) is 27.6 Å². The SMILES string of the molecule is COC(=O)c1ccc(Nc2ncc(F)c(Nc3ccc(C(=O)Nc4ccccc4Cl)nc3)n2)cc1. The second-order valence-corrected chi connectivity index (χ2v) is 7.48. The highest BCUT2D eigenvalue weighted by molar-refractivity contribution is 6.33. The molecule has 3 N–H and O–H groups in total. The molecule has 0 radical (unpaired) electrons. The fraction of sp³-hybridized carbons (Fsp3) is 0.0417. The summed E-state index contributed by atoms with van der Waals surface area (Å²) < 4.78 is 19.0. The number of esters is 1. The van der Waals surface area contributed by atoms with Crippen molar-refractivity contribution in [1.29, 1.82) is 0 Å². The zero-order chi connectivity index (χ0) is 24.8. The molecule has 0 unspecified atom stereocenters. The van der Waals surface area contributed by atoms with Gasteiger partial charge in [0.1, 0.15) is 5.69 Å². The molecule has 4 rings (SSSR count). The molecule has 2 aromatic carbocycles. The number of nitrogens with zero attached hydrogens (tertiary/aromatic N) is 3. The molecule has 0 saturated heterocycles. The lowest BCUT2D eigenvalue weighted by Crippen LogP contribution is -2.14. The Balaban J connectivity index is 1.43. The van der Waals surface area contributed by atoms with Crippen molar-refractivity contribution in [3.05, 3.63) is 95.2 Å². The number of halogens is 2. The van der Waals surface area contributed by atoms with E-state index in [-0.39, 0.29) is 17.5 Å². The second-order valence-electron chi connectivity index (χ2n) is 7.08. The van der Waals surface area contributed by atoms with Crippen LogP contribution in [0.3, 0.4) is 0 Å². The van der Waals surface area contributed by atoms with Crippen LogP contribution in [0.5, 0.6) is 0 Å². The number of para-hydroxylation sites is 1. The molecule has 2 heterocycles. The fourth-order valence-corrected chi connectivity index (χ4v) is 3.12. The third-order valence-electron chi connectivity index (χ3n) is 4.69. The molecule has 0 aliphatic heterocycles. The van der Waals surface area contributed by atoms with Crippen LogP contribution in [0, 0.1) is 5.82 Å². The van der Waals surface area contributed by atoms with Gasteiger partial charge in [-0.1, -0.05) is 23.7 Å². The molecule has 11 heteroatoms.